The predicted octanol–water partition coefficient (Wildman–Crippen LogP) is 3.57. The lowest BCUT2D eigenvalue weighted by molar-refractivity contribution is -0.384. The molecule has 0 aliphatic heterocycles. The van der Waals surface area contributed by atoms with Crippen molar-refractivity contribution in [1.29, 1.82) is 0 Å². The Kier molecular flexibility index (Phi) is 4.08. The monoisotopic (exact) mass is 374 g/mol. The summed E-state index contributed by atoms with van der Waals surface area (Å²) in [5.74, 6) is -0.481. The van der Waals surface area contributed by atoms with E-state index in [4.69, 9.17) is 0 Å². The van der Waals surface area contributed by atoms with Crippen LogP contribution in [0.1, 0.15) is 21.6 Å². The molecule has 0 spiro atoms. The van der Waals surface area contributed by atoms with E-state index in [1.165, 1.54) is 29.1 Å². The van der Waals surface area contributed by atoms with E-state index in [1.807, 2.05) is 0 Å². The van der Waals surface area contributed by atoms with E-state index in [9.17, 15) is 20.0 Å². The molecule has 0 fully saturated rings. The molecule has 28 heavy (non-hydrogen) atoms. The molecule has 2 aromatic carbocycles. The molecule has 4 rings (SSSR count). The van der Waals surface area contributed by atoms with Crippen LogP contribution in [0.3, 0.4) is 0 Å². The molecule has 0 aliphatic rings. The first kappa shape index (κ1) is 17.3. The Bertz CT molecular complexity index is 1250. The number of hydrogen-bond acceptors (Lipinski definition) is 6. The van der Waals surface area contributed by atoms with E-state index in [1.54, 1.807) is 43.3 Å². The maximum absolute atomic E-state index is 12.7. The number of rotatable bonds is 4. The van der Waals surface area contributed by atoms with Crippen molar-refractivity contribution in [2.24, 2.45) is 0 Å². The molecule has 0 saturated carbocycles. The summed E-state index contributed by atoms with van der Waals surface area (Å²) in [5, 5.41) is 26.2. The maximum atomic E-state index is 12.7. The molecular formula is C20H14N4O4. The Morgan fingerprint density at radius 1 is 1.14 bits per heavy atom. The standard InChI is InChI=1S/C20H14N4O4/c1-12-15-10-13(19(26)14-6-2-5-9-18(14)25)11-21-20(15)23(22-12)16-7-3-4-8-17(16)24(27)28/h2-11,25H,1H3. The molecule has 0 aliphatic carbocycles. The molecule has 2 aromatic heterocycles. The first-order chi connectivity index (χ1) is 13.5. The van der Waals surface area contributed by atoms with E-state index >= 15 is 0 Å². The number of carbonyl (C=O) groups is 1. The van der Waals surface area contributed by atoms with Crippen LogP contribution in [-0.2, 0) is 0 Å². The smallest absolute Gasteiger partial charge is 0.294 e. The molecule has 138 valence electrons. The number of pyridine rings is 1. The van der Waals surface area contributed by atoms with Crippen molar-refractivity contribution in [2.75, 3.05) is 0 Å². The third-order valence-corrected chi connectivity index (χ3v) is 4.42. The van der Waals surface area contributed by atoms with Gasteiger partial charge in [0.05, 0.1) is 16.2 Å². The van der Waals surface area contributed by atoms with Crippen LogP contribution < -0.4 is 0 Å². The molecule has 4 aromatic rings. The van der Waals surface area contributed by atoms with Crippen LogP contribution in [0.5, 0.6) is 5.75 Å². The summed E-state index contributed by atoms with van der Waals surface area (Å²) in [4.78, 5) is 27.9. The summed E-state index contributed by atoms with van der Waals surface area (Å²) < 4.78 is 1.40. The van der Waals surface area contributed by atoms with Crippen LogP contribution in [0, 0.1) is 17.0 Å². The molecule has 0 saturated heterocycles. The van der Waals surface area contributed by atoms with Crippen LogP contribution in [0.25, 0.3) is 16.7 Å². The number of benzene rings is 2. The van der Waals surface area contributed by atoms with Crippen molar-refractivity contribution >= 4 is 22.5 Å². The number of nitro groups is 1. The normalized spacial score (nSPS) is 10.9. The average Bonchev–Trinajstić information content (AvgIpc) is 3.04. The Labute approximate surface area is 158 Å². The molecule has 0 radical (unpaired) electrons. The molecule has 0 bridgehead atoms. The molecule has 2 heterocycles. The molecule has 8 heteroatoms. The fourth-order valence-corrected chi connectivity index (χ4v) is 3.05. The van der Waals surface area contributed by atoms with Gasteiger partial charge in [0, 0.05) is 23.2 Å². The van der Waals surface area contributed by atoms with Gasteiger partial charge in [-0.1, -0.05) is 24.3 Å². The van der Waals surface area contributed by atoms with Crippen LogP contribution >= 0.6 is 0 Å². The number of aromatic nitrogens is 3. The molecule has 0 unspecified atom stereocenters. The largest absolute Gasteiger partial charge is 0.507 e. The van der Waals surface area contributed by atoms with E-state index in [0.29, 0.717) is 22.3 Å². The minimum Gasteiger partial charge on any atom is -0.507 e. The number of ketones is 1. The summed E-state index contributed by atoms with van der Waals surface area (Å²) in [6.45, 7) is 1.74. The minimum atomic E-state index is -0.478. The van der Waals surface area contributed by atoms with Gasteiger partial charge in [0.15, 0.2) is 11.4 Å². The van der Waals surface area contributed by atoms with Gasteiger partial charge in [0.25, 0.3) is 5.69 Å². The van der Waals surface area contributed by atoms with Crippen molar-refractivity contribution in [3.05, 3.63) is 87.7 Å². The molecule has 8 nitrogen and oxygen atoms in total. The molecule has 0 atom stereocenters. The van der Waals surface area contributed by atoms with Crippen molar-refractivity contribution in [3.63, 3.8) is 0 Å². The number of nitro benzene ring substituents is 1. The number of fused-ring (bicyclic) bond motifs is 1. The predicted molar refractivity (Wildman–Crippen MR) is 102 cm³/mol. The number of aromatic hydroxyl groups is 1. The van der Waals surface area contributed by atoms with Crippen LogP contribution in [0.15, 0.2) is 60.8 Å². The zero-order valence-electron chi connectivity index (χ0n) is 14.7. The van der Waals surface area contributed by atoms with Gasteiger partial charge in [0.1, 0.15) is 11.4 Å². The fraction of sp³-hybridized carbons (Fsp3) is 0.0500. The van der Waals surface area contributed by atoms with Crippen LogP contribution in [0.4, 0.5) is 5.69 Å². The van der Waals surface area contributed by atoms with Gasteiger partial charge in [-0.25, -0.2) is 9.67 Å². The molecule has 0 amide bonds. The fourth-order valence-electron chi connectivity index (χ4n) is 3.05. The minimum absolute atomic E-state index is 0.0944. The third-order valence-electron chi connectivity index (χ3n) is 4.42. The van der Waals surface area contributed by atoms with E-state index < -0.39 is 4.92 Å². The number of hydrogen-bond donors (Lipinski definition) is 1. The van der Waals surface area contributed by atoms with Crippen LogP contribution in [-0.4, -0.2) is 30.6 Å². The number of aryl methyl sites for hydroxylation is 1. The zero-order valence-corrected chi connectivity index (χ0v) is 14.7. The lowest BCUT2D eigenvalue weighted by Crippen LogP contribution is -2.04. The van der Waals surface area contributed by atoms with Crippen molar-refractivity contribution < 1.29 is 14.8 Å². The van der Waals surface area contributed by atoms with E-state index in [2.05, 4.69) is 10.1 Å². The summed E-state index contributed by atoms with van der Waals surface area (Å²) in [5.41, 5.74) is 1.64. The van der Waals surface area contributed by atoms with Gasteiger partial charge in [-0.05, 0) is 31.2 Å². The lowest BCUT2D eigenvalue weighted by atomic mass is 10.0. The highest BCUT2D eigenvalue weighted by atomic mass is 16.6. The third kappa shape index (κ3) is 2.77. The second-order valence-electron chi connectivity index (χ2n) is 6.18. The van der Waals surface area contributed by atoms with Crippen molar-refractivity contribution in [2.45, 2.75) is 6.92 Å². The highest BCUT2D eigenvalue weighted by Crippen LogP contribution is 2.28. The number of carbonyl (C=O) groups excluding carboxylic acids is 1. The van der Waals surface area contributed by atoms with Gasteiger partial charge < -0.3 is 5.11 Å². The number of phenols is 1. The second kappa shape index (κ2) is 6.58. The van der Waals surface area contributed by atoms with Gasteiger partial charge >= 0.3 is 0 Å². The van der Waals surface area contributed by atoms with E-state index in [-0.39, 0.29) is 28.5 Å². The summed E-state index contributed by atoms with van der Waals surface area (Å²) in [6, 6.07) is 14.2. The van der Waals surface area contributed by atoms with E-state index in [0.717, 1.165) is 0 Å². The maximum Gasteiger partial charge on any atom is 0.294 e. The van der Waals surface area contributed by atoms with Gasteiger partial charge in [-0.2, -0.15) is 5.10 Å². The molecule has 1 N–H and O–H groups in total. The van der Waals surface area contributed by atoms with Gasteiger partial charge in [-0.15, -0.1) is 0 Å². The topological polar surface area (TPSA) is 111 Å². The first-order valence-electron chi connectivity index (χ1n) is 8.39. The zero-order chi connectivity index (χ0) is 19.8. The Morgan fingerprint density at radius 3 is 2.61 bits per heavy atom. The van der Waals surface area contributed by atoms with Crippen LogP contribution in [0.2, 0.25) is 0 Å². The highest BCUT2D eigenvalue weighted by Gasteiger charge is 2.21. The second-order valence-corrected chi connectivity index (χ2v) is 6.18. The summed E-state index contributed by atoms with van der Waals surface area (Å²) in [7, 11) is 0. The van der Waals surface area contributed by atoms with Crippen molar-refractivity contribution in [3.8, 4) is 11.4 Å². The summed E-state index contributed by atoms with van der Waals surface area (Å²) >= 11 is 0. The highest BCUT2D eigenvalue weighted by molar-refractivity contribution is 6.11. The first-order valence-corrected chi connectivity index (χ1v) is 8.39. The summed E-state index contributed by atoms with van der Waals surface area (Å²) in [6.07, 6.45) is 1.38. The number of nitrogens with zero attached hydrogens (tertiary/aromatic N) is 4. The number of para-hydroxylation sites is 3. The van der Waals surface area contributed by atoms with Gasteiger partial charge in [0.2, 0.25) is 0 Å². The Morgan fingerprint density at radius 2 is 1.86 bits per heavy atom. The van der Waals surface area contributed by atoms with Crippen molar-refractivity contribution in [1.82, 2.24) is 14.8 Å². The Hall–Kier alpha value is -4.07. The van der Waals surface area contributed by atoms with Gasteiger partial charge in [-0.3, -0.25) is 14.9 Å². The Balaban J connectivity index is 1.86. The average molecular weight is 374 g/mol. The quantitative estimate of drug-likeness (QED) is 0.332. The molecular weight excluding hydrogens is 360 g/mol. The SMILES string of the molecule is Cc1nn(-c2ccccc2[N+](=O)[O-])c2ncc(C(=O)c3ccccc3O)cc12. The lowest BCUT2D eigenvalue weighted by Gasteiger charge is -2.05. The number of phenolic OH excluding ortho intramolecular Hbond substituents is 1.